The van der Waals surface area contributed by atoms with Gasteiger partial charge in [-0.2, -0.15) is 13.2 Å². The first-order valence-corrected chi connectivity index (χ1v) is 8.78. The minimum absolute atomic E-state index is 0.239. The number of aliphatic hydroxyl groups excluding tert-OH is 3. The zero-order valence-corrected chi connectivity index (χ0v) is 15.5. The van der Waals surface area contributed by atoms with Crippen molar-refractivity contribution in [1.29, 1.82) is 0 Å². The zero-order chi connectivity index (χ0) is 22.2. The van der Waals surface area contributed by atoms with Gasteiger partial charge in [0.15, 0.2) is 6.10 Å². The number of aromatic amines is 1. The number of aryl methyl sites for hydroxylation is 1. The van der Waals surface area contributed by atoms with Crippen molar-refractivity contribution >= 4 is 5.97 Å². The van der Waals surface area contributed by atoms with Crippen molar-refractivity contribution in [2.75, 3.05) is 0 Å². The van der Waals surface area contributed by atoms with E-state index in [0.717, 1.165) is 5.56 Å². The van der Waals surface area contributed by atoms with Crippen molar-refractivity contribution < 1.29 is 47.9 Å². The van der Waals surface area contributed by atoms with Gasteiger partial charge in [-0.15, -0.1) is 5.10 Å². The fourth-order valence-electron chi connectivity index (χ4n) is 3.01. The number of ether oxygens (including phenoxy) is 2. The third-order valence-electron chi connectivity index (χ3n) is 4.65. The molecule has 2 aromatic rings. The Morgan fingerprint density at radius 2 is 1.80 bits per heavy atom. The second kappa shape index (κ2) is 8.22. The smallest absolute Gasteiger partial charge is 0.433 e. The molecule has 5 atom stereocenters. The fourth-order valence-corrected chi connectivity index (χ4v) is 3.01. The van der Waals surface area contributed by atoms with Crippen molar-refractivity contribution in [2.45, 2.75) is 50.2 Å². The Morgan fingerprint density at radius 1 is 1.17 bits per heavy atom. The van der Waals surface area contributed by atoms with Crippen LogP contribution in [0.5, 0.6) is 5.88 Å². The SMILES string of the molecule is Cc1ccc(Cc2c(O[C@@H]3O[C@H](C(=O)O)[C@@H](O)[C@H](O)[C@H]3O)n[nH]c2C(F)(F)F)cc1. The lowest BCUT2D eigenvalue weighted by Gasteiger charge is -2.38. The molecule has 5 N–H and O–H groups in total. The van der Waals surface area contributed by atoms with E-state index in [-0.39, 0.29) is 6.42 Å². The lowest BCUT2D eigenvalue weighted by Crippen LogP contribution is -2.61. The lowest BCUT2D eigenvalue weighted by molar-refractivity contribution is -0.271. The van der Waals surface area contributed by atoms with Gasteiger partial charge in [0.2, 0.25) is 12.2 Å². The summed E-state index contributed by atoms with van der Waals surface area (Å²) in [5.41, 5.74) is -0.154. The molecule has 1 aromatic heterocycles. The topological polar surface area (TPSA) is 145 Å². The molecular formula is C18H19F3N2O7. The quantitative estimate of drug-likeness (QED) is 0.462. The number of nitrogens with one attached hydrogen (secondary N) is 1. The second-order valence-corrected chi connectivity index (χ2v) is 6.90. The van der Waals surface area contributed by atoms with Crippen LogP contribution in [0.1, 0.15) is 22.4 Å². The molecule has 12 heteroatoms. The van der Waals surface area contributed by atoms with Crippen LogP contribution in [0.4, 0.5) is 13.2 Å². The van der Waals surface area contributed by atoms with E-state index < -0.39 is 60.0 Å². The number of aromatic nitrogens is 2. The van der Waals surface area contributed by atoms with Gasteiger partial charge in [-0.1, -0.05) is 29.8 Å². The first-order valence-electron chi connectivity index (χ1n) is 8.78. The number of aliphatic carboxylic acids is 1. The van der Waals surface area contributed by atoms with Crippen LogP contribution >= 0.6 is 0 Å². The van der Waals surface area contributed by atoms with E-state index in [9.17, 15) is 33.3 Å². The molecule has 30 heavy (non-hydrogen) atoms. The average molecular weight is 432 g/mol. The molecule has 0 bridgehead atoms. The number of nitrogens with zero attached hydrogens (tertiary/aromatic N) is 1. The molecule has 1 saturated heterocycles. The zero-order valence-electron chi connectivity index (χ0n) is 15.5. The van der Waals surface area contributed by atoms with Gasteiger partial charge in [-0.05, 0) is 12.5 Å². The minimum Gasteiger partial charge on any atom is -0.479 e. The Morgan fingerprint density at radius 3 is 2.37 bits per heavy atom. The van der Waals surface area contributed by atoms with Gasteiger partial charge in [0, 0.05) is 6.42 Å². The van der Waals surface area contributed by atoms with Crippen LogP contribution in [0.25, 0.3) is 0 Å². The maximum atomic E-state index is 13.4. The molecule has 1 aliphatic heterocycles. The van der Waals surface area contributed by atoms with E-state index in [4.69, 9.17) is 14.6 Å². The molecule has 9 nitrogen and oxygen atoms in total. The van der Waals surface area contributed by atoms with E-state index >= 15 is 0 Å². The highest BCUT2D eigenvalue weighted by molar-refractivity contribution is 5.73. The van der Waals surface area contributed by atoms with Crippen LogP contribution in [-0.2, 0) is 22.1 Å². The van der Waals surface area contributed by atoms with Crippen LogP contribution in [0.3, 0.4) is 0 Å². The van der Waals surface area contributed by atoms with Crippen LogP contribution in [0.2, 0.25) is 0 Å². The first-order chi connectivity index (χ1) is 14.0. The van der Waals surface area contributed by atoms with Crippen molar-refractivity contribution in [2.24, 2.45) is 0 Å². The van der Waals surface area contributed by atoms with Crippen molar-refractivity contribution in [3.8, 4) is 5.88 Å². The molecule has 1 fully saturated rings. The number of rotatable bonds is 5. The highest BCUT2D eigenvalue weighted by atomic mass is 19.4. The Bertz CT molecular complexity index is 900. The number of hydrogen-bond donors (Lipinski definition) is 5. The number of H-pyrrole nitrogens is 1. The number of carboxylic acids is 1. The molecule has 0 unspecified atom stereocenters. The summed E-state index contributed by atoms with van der Waals surface area (Å²) in [5, 5.41) is 44.0. The van der Waals surface area contributed by atoms with Crippen LogP contribution in [0, 0.1) is 6.92 Å². The molecule has 1 aliphatic rings. The fraction of sp³-hybridized carbons (Fsp3) is 0.444. The lowest BCUT2D eigenvalue weighted by atomic mass is 9.99. The van der Waals surface area contributed by atoms with E-state index in [1.54, 1.807) is 24.3 Å². The molecule has 3 rings (SSSR count). The van der Waals surface area contributed by atoms with Crippen LogP contribution in [0.15, 0.2) is 24.3 Å². The van der Waals surface area contributed by atoms with Crippen LogP contribution in [-0.4, -0.2) is 67.3 Å². The standard InChI is InChI=1S/C18H19F3N2O7/c1-7-2-4-8(5-3-7)6-9-14(18(19,20)21)22-23-15(9)30-17-12(26)10(24)11(25)13(29-17)16(27)28/h2-5,10-13,17,24-26H,6H2,1H3,(H,22,23)(H,27,28)/t10-,11-,12+,13-,17-/m0/s1. The Hall–Kier alpha value is -2.67. The Kier molecular flexibility index (Phi) is 6.04. The molecule has 1 aromatic carbocycles. The van der Waals surface area contributed by atoms with E-state index in [1.807, 2.05) is 12.0 Å². The van der Waals surface area contributed by atoms with Crippen LogP contribution < -0.4 is 4.74 Å². The number of benzene rings is 1. The summed E-state index contributed by atoms with van der Waals surface area (Å²) >= 11 is 0. The molecule has 2 heterocycles. The minimum atomic E-state index is -4.79. The third kappa shape index (κ3) is 4.41. The molecule has 0 radical (unpaired) electrons. The summed E-state index contributed by atoms with van der Waals surface area (Å²) in [4.78, 5) is 11.2. The number of halogens is 3. The van der Waals surface area contributed by atoms with E-state index in [1.165, 1.54) is 0 Å². The average Bonchev–Trinajstić information content (AvgIpc) is 3.06. The number of aliphatic hydroxyl groups is 3. The van der Waals surface area contributed by atoms with Gasteiger partial charge >= 0.3 is 12.1 Å². The summed E-state index contributed by atoms with van der Waals surface area (Å²) in [6.45, 7) is 1.82. The summed E-state index contributed by atoms with van der Waals surface area (Å²) < 4.78 is 50.4. The highest BCUT2D eigenvalue weighted by Crippen LogP contribution is 2.36. The largest absolute Gasteiger partial charge is 0.479 e. The summed E-state index contributed by atoms with van der Waals surface area (Å²) in [7, 11) is 0. The summed E-state index contributed by atoms with van der Waals surface area (Å²) in [5.74, 6) is -2.24. The monoisotopic (exact) mass is 432 g/mol. The number of carboxylic acid groups (broad SMARTS) is 1. The van der Waals surface area contributed by atoms with E-state index in [0.29, 0.717) is 5.56 Å². The maximum Gasteiger partial charge on any atom is 0.433 e. The number of carbonyl (C=O) groups is 1. The predicted octanol–water partition coefficient (Wildman–Crippen LogP) is 0.599. The molecule has 0 aliphatic carbocycles. The molecule has 0 amide bonds. The van der Waals surface area contributed by atoms with Gasteiger partial charge in [0.25, 0.3) is 0 Å². The highest BCUT2D eigenvalue weighted by Gasteiger charge is 2.49. The molecule has 0 saturated carbocycles. The Balaban J connectivity index is 1.92. The molecular weight excluding hydrogens is 413 g/mol. The summed E-state index contributed by atoms with van der Waals surface area (Å²) in [6.07, 6.45) is -14.7. The maximum absolute atomic E-state index is 13.4. The van der Waals surface area contributed by atoms with Gasteiger partial charge in [0.1, 0.15) is 24.0 Å². The molecule has 0 spiro atoms. The summed E-state index contributed by atoms with van der Waals surface area (Å²) in [6, 6.07) is 6.68. The third-order valence-corrected chi connectivity index (χ3v) is 4.65. The van der Waals surface area contributed by atoms with Crippen molar-refractivity contribution in [1.82, 2.24) is 10.2 Å². The number of alkyl halides is 3. The second-order valence-electron chi connectivity index (χ2n) is 6.90. The first kappa shape index (κ1) is 22.0. The van der Waals surface area contributed by atoms with Gasteiger partial charge < -0.3 is 29.9 Å². The normalized spacial score (nSPS) is 27.1. The molecule has 164 valence electrons. The van der Waals surface area contributed by atoms with Gasteiger partial charge in [-0.25, -0.2) is 4.79 Å². The predicted molar refractivity (Wildman–Crippen MR) is 92.5 cm³/mol. The van der Waals surface area contributed by atoms with Crippen molar-refractivity contribution in [3.63, 3.8) is 0 Å². The Labute approximate surface area is 167 Å². The number of hydrogen-bond acceptors (Lipinski definition) is 7. The van der Waals surface area contributed by atoms with E-state index in [2.05, 4.69) is 5.10 Å². The van der Waals surface area contributed by atoms with Gasteiger partial charge in [-0.3, -0.25) is 5.10 Å². The van der Waals surface area contributed by atoms with Gasteiger partial charge in [0.05, 0.1) is 5.56 Å². The van der Waals surface area contributed by atoms with Crippen molar-refractivity contribution in [3.05, 3.63) is 46.6 Å².